The average Bonchev–Trinajstić information content (AvgIpc) is 3.42. The highest BCUT2D eigenvalue weighted by molar-refractivity contribution is 6.31. The van der Waals surface area contributed by atoms with Crippen molar-refractivity contribution in [2.75, 3.05) is 19.1 Å². The van der Waals surface area contributed by atoms with Crippen LogP contribution in [0.15, 0.2) is 88.5 Å². The van der Waals surface area contributed by atoms with Gasteiger partial charge in [0.15, 0.2) is 22.9 Å². The van der Waals surface area contributed by atoms with Crippen molar-refractivity contribution in [2.45, 2.75) is 6.04 Å². The van der Waals surface area contributed by atoms with Crippen LogP contribution >= 0.6 is 11.6 Å². The van der Waals surface area contributed by atoms with Crippen molar-refractivity contribution >= 4 is 39.9 Å². The number of hydrogen-bond donors (Lipinski definition) is 1. The zero-order valence-electron chi connectivity index (χ0n) is 18.8. The zero-order chi connectivity index (χ0) is 24.7. The number of halogens is 1. The Balaban J connectivity index is 1.66. The van der Waals surface area contributed by atoms with Crippen molar-refractivity contribution in [1.82, 2.24) is 0 Å². The van der Waals surface area contributed by atoms with Crippen LogP contribution in [0.3, 0.4) is 0 Å². The molecule has 35 heavy (non-hydrogen) atoms. The molecule has 1 aliphatic heterocycles. The van der Waals surface area contributed by atoms with Crippen LogP contribution < -0.4 is 14.4 Å². The van der Waals surface area contributed by atoms with Crippen LogP contribution in [0.25, 0.3) is 11.0 Å². The number of anilines is 1. The standard InChI is InChI=1S/C27H20ClNO6/c1-33-19-10-6-9-18(14-19)29-23(15-7-4-3-5-8-15)22(25(31)27(29)32)24(30)20-12-16-11-17(28)13-21(34-2)26(16)35-20/h3-14,23,31H,1-2H3. The number of carbonyl (C=O) groups is 2. The van der Waals surface area contributed by atoms with Gasteiger partial charge in [-0.2, -0.15) is 0 Å². The second-order valence-electron chi connectivity index (χ2n) is 7.92. The van der Waals surface area contributed by atoms with Gasteiger partial charge >= 0.3 is 0 Å². The third-order valence-electron chi connectivity index (χ3n) is 5.89. The van der Waals surface area contributed by atoms with E-state index < -0.39 is 23.5 Å². The van der Waals surface area contributed by atoms with Crippen LogP contribution in [0.5, 0.6) is 11.5 Å². The van der Waals surface area contributed by atoms with Crippen LogP contribution in [0.2, 0.25) is 5.02 Å². The molecule has 1 aromatic heterocycles. The molecule has 1 amide bonds. The van der Waals surface area contributed by atoms with Crippen molar-refractivity contribution in [3.05, 3.63) is 100 Å². The summed E-state index contributed by atoms with van der Waals surface area (Å²) in [5.41, 5.74) is 1.36. The lowest BCUT2D eigenvalue weighted by atomic mass is 9.95. The lowest BCUT2D eigenvalue weighted by molar-refractivity contribution is -0.117. The average molecular weight is 490 g/mol. The molecule has 0 saturated heterocycles. The normalized spacial score (nSPS) is 15.7. The maximum Gasteiger partial charge on any atom is 0.294 e. The first-order valence-corrected chi connectivity index (χ1v) is 11.1. The summed E-state index contributed by atoms with van der Waals surface area (Å²) < 4.78 is 16.5. The first-order valence-electron chi connectivity index (χ1n) is 10.7. The van der Waals surface area contributed by atoms with E-state index in [0.717, 1.165) is 0 Å². The topological polar surface area (TPSA) is 89.2 Å². The predicted octanol–water partition coefficient (Wildman–Crippen LogP) is 5.89. The quantitative estimate of drug-likeness (QED) is 0.340. The number of ketones is 1. The Morgan fingerprint density at radius 2 is 1.77 bits per heavy atom. The van der Waals surface area contributed by atoms with E-state index in [-0.39, 0.29) is 11.3 Å². The Kier molecular flexibility index (Phi) is 5.70. The Bertz CT molecular complexity index is 1490. The number of benzene rings is 3. The molecule has 176 valence electrons. The molecular weight excluding hydrogens is 470 g/mol. The number of Topliss-reactive ketones (excluding diaryl/α,β-unsaturated/α-hetero) is 1. The molecule has 2 heterocycles. The van der Waals surface area contributed by atoms with E-state index in [9.17, 15) is 14.7 Å². The van der Waals surface area contributed by atoms with Gasteiger partial charge in [-0.1, -0.05) is 48.0 Å². The number of amides is 1. The van der Waals surface area contributed by atoms with E-state index in [4.69, 9.17) is 25.5 Å². The number of methoxy groups -OCH3 is 2. The largest absolute Gasteiger partial charge is 0.503 e. The number of aliphatic hydroxyl groups excluding tert-OH is 1. The number of furan rings is 1. The van der Waals surface area contributed by atoms with Crippen LogP contribution in [0, 0.1) is 0 Å². The van der Waals surface area contributed by atoms with Gasteiger partial charge in [0.05, 0.1) is 25.8 Å². The molecule has 7 nitrogen and oxygen atoms in total. The highest BCUT2D eigenvalue weighted by atomic mass is 35.5. The SMILES string of the molecule is COc1cccc(N2C(=O)C(O)=C(C(=O)c3cc4cc(Cl)cc(OC)c4o3)C2c2ccccc2)c1. The molecule has 0 radical (unpaired) electrons. The molecule has 1 atom stereocenters. The Hall–Kier alpha value is -4.23. The van der Waals surface area contributed by atoms with Crippen molar-refractivity contribution in [3.63, 3.8) is 0 Å². The molecular formula is C27H20ClNO6. The van der Waals surface area contributed by atoms with E-state index in [1.54, 1.807) is 60.7 Å². The molecule has 1 unspecified atom stereocenters. The molecule has 8 heteroatoms. The molecule has 0 fully saturated rings. The summed E-state index contributed by atoms with van der Waals surface area (Å²) in [7, 11) is 2.99. The second kappa shape index (κ2) is 8.85. The van der Waals surface area contributed by atoms with Gasteiger partial charge in [-0.3, -0.25) is 14.5 Å². The Morgan fingerprint density at radius 3 is 2.49 bits per heavy atom. The summed E-state index contributed by atoms with van der Waals surface area (Å²) in [6.07, 6.45) is 0. The number of rotatable bonds is 6. The maximum atomic E-state index is 13.8. The van der Waals surface area contributed by atoms with Gasteiger partial charge in [0.2, 0.25) is 5.78 Å². The predicted molar refractivity (Wildman–Crippen MR) is 131 cm³/mol. The minimum Gasteiger partial charge on any atom is -0.503 e. The third kappa shape index (κ3) is 3.80. The van der Waals surface area contributed by atoms with Crippen molar-refractivity contribution in [1.29, 1.82) is 0 Å². The second-order valence-corrected chi connectivity index (χ2v) is 8.35. The molecule has 1 aliphatic rings. The van der Waals surface area contributed by atoms with Gasteiger partial charge in [-0.05, 0) is 29.8 Å². The maximum absolute atomic E-state index is 13.8. The molecule has 0 bridgehead atoms. The summed E-state index contributed by atoms with van der Waals surface area (Å²) in [5, 5.41) is 11.9. The van der Waals surface area contributed by atoms with Crippen molar-refractivity contribution in [3.8, 4) is 11.5 Å². The summed E-state index contributed by atoms with van der Waals surface area (Å²) in [5.74, 6) is -1.12. The minimum absolute atomic E-state index is 0.0525. The summed E-state index contributed by atoms with van der Waals surface area (Å²) in [6.45, 7) is 0. The van der Waals surface area contributed by atoms with Crippen LogP contribution in [-0.4, -0.2) is 31.0 Å². The summed E-state index contributed by atoms with van der Waals surface area (Å²) >= 11 is 6.16. The van der Waals surface area contributed by atoms with E-state index in [0.29, 0.717) is 38.7 Å². The fourth-order valence-electron chi connectivity index (χ4n) is 4.30. The highest BCUT2D eigenvalue weighted by Gasteiger charge is 2.45. The molecule has 3 aromatic carbocycles. The third-order valence-corrected chi connectivity index (χ3v) is 6.11. The van der Waals surface area contributed by atoms with Gasteiger partial charge in [0.1, 0.15) is 5.75 Å². The smallest absolute Gasteiger partial charge is 0.294 e. The van der Waals surface area contributed by atoms with Crippen LogP contribution in [0.4, 0.5) is 5.69 Å². The lowest BCUT2D eigenvalue weighted by Crippen LogP contribution is -2.31. The van der Waals surface area contributed by atoms with Gasteiger partial charge in [-0.15, -0.1) is 0 Å². The van der Waals surface area contributed by atoms with E-state index in [2.05, 4.69) is 0 Å². The van der Waals surface area contributed by atoms with E-state index >= 15 is 0 Å². The van der Waals surface area contributed by atoms with E-state index in [1.165, 1.54) is 25.2 Å². The molecule has 0 spiro atoms. The molecule has 1 N–H and O–H groups in total. The molecule has 4 aromatic rings. The Morgan fingerprint density at radius 1 is 1.00 bits per heavy atom. The Labute approximate surface area is 205 Å². The van der Waals surface area contributed by atoms with Crippen LogP contribution in [-0.2, 0) is 4.79 Å². The van der Waals surface area contributed by atoms with Crippen LogP contribution in [0.1, 0.15) is 22.2 Å². The number of fused-ring (bicyclic) bond motifs is 1. The minimum atomic E-state index is -0.887. The molecule has 0 saturated carbocycles. The summed E-state index contributed by atoms with van der Waals surface area (Å²) in [6, 6.07) is 19.7. The lowest BCUT2D eigenvalue weighted by Gasteiger charge is -2.27. The highest BCUT2D eigenvalue weighted by Crippen LogP contribution is 2.43. The van der Waals surface area contributed by atoms with Gasteiger partial charge in [0.25, 0.3) is 5.91 Å². The fraction of sp³-hybridized carbons (Fsp3) is 0.111. The first kappa shape index (κ1) is 22.6. The van der Waals surface area contributed by atoms with Gasteiger partial charge in [-0.25, -0.2) is 0 Å². The zero-order valence-corrected chi connectivity index (χ0v) is 19.6. The number of carbonyl (C=O) groups excluding carboxylic acids is 2. The molecule has 5 rings (SSSR count). The fourth-order valence-corrected chi connectivity index (χ4v) is 4.51. The summed E-state index contributed by atoms with van der Waals surface area (Å²) in [4.78, 5) is 28.4. The van der Waals surface area contributed by atoms with Crippen molar-refractivity contribution in [2.24, 2.45) is 0 Å². The monoisotopic (exact) mass is 489 g/mol. The number of nitrogens with zero attached hydrogens (tertiary/aromatic N) is 1. The number of ether oxygens (including phenoxy) is 2. The van der Waals surface area contributed by atoms with E-state index in [1.807, 2.05) is 6.07 Å². The number of hydrogen-bond acceptors (Lipinski definition) is 6. The van der Waals surface area contributed by atoms with Crippen molar-refractivity contribution < 1.29 is 28.6 Å². The number of aliphatic hydroxyl groups is 1. The van der Waals surface area contributed by atoms with Gasteiger partial charge < -0.3 is 19.0 Å². The molecule has 0 aliphatic carbocycles. The first-order chi connectivity index (χ1) is 16.9. The van der Waals surface area contributed by atoms with Gasteiger partial charge in [0, 0.05) is 28.2 Å².